The van der Waals surface area contributed by atoms with E-state index in [0.717, 1.165) is 90.1 Å². The highest BCUT2D eigenvalue weighted by molar-refractivity contribution is 5.69. The van der Waals surface area contributed by atoms with Crippen LogP contribution in [0.2, 0.25) is 0 Å². The van der Waals surface area contributed by atoms with Crippen LogP contribution in [-0.2, 0) is 28.5 Å². The Hall–Kier alpha value is -2.10. The Morgan fingerprint density at radius 2 is 1.25 bits per heavy atom. The third kappa shape index (κ3) is 29.2. The summed E-state index contributed by atoms with van der Waals surface area (Å²) in [6.45, 7) is 16.1. The summed E-state index contributed by atoms with van der Waals surface area (Å²) >= 11 is 0. The minimum atomic E-state index is -0.432. The fraction of sp³-hybridized carbons (Fsp3) is 0.857. The summed E-state index contributed by atoms with van der Waals surface area (Å²) in [4.78, 5) is 26.7. The lowest BCUT2D eigenvalue weighted by Crippen LogP contribution is -2.34. The van der Waals surface area contributed by atoms with Gasteiger partial charge in [0.2, 0.25) is 0 Å². The Morgan fingerprint density at radius 3 is 1.79 bits per heavy atom. The smallest absolute Gasteiger partial charge is 0.305 e. The van der Waals surface area contributed by atoms with Gasteiger partial charge in [0.15, 0.2) is 5.79 Å². The van der Waals surface area contributed by atoms with Crippen molar-refractivity contribution in [3.8, 4) is 0 Å². The van der Waals surface area contributed by atoms with Crippen LogP contribution in [0.5, 0.6) is 0 Å². The van der Waals surface area contributed by atoms with Crippen molar-refractivity contribution in [2.45, 2.75) is 219 Å². The van der Waals surface area contributed by atoms with Crippen LogP contribution in [0.4, 0.5) is 0 Å². The molecule has 1 aliphatic rings. The molecule has 0 spiro atoms. The predicted molar refractivity (Wildman–Crippen MR) is 233 cm³/mol. The van der Waals surface area contributed by atoms with Gasteiger partial charge in [-0.1, -0.05) is 148 Å². The Morgan fingerprint density at radius 1 is 0.732 bits per heavy atom. The number of ether oxygens (including phenoxy) is 4. The van der Waals surface area contributed by atoms with Gasteiger partial charge in [0.1, 0.15) is 0 Å². The van der Waals surface area contributed by atoms with E-state index in [2.05, 4.69) is 63.4 Å². The number of carbonyl (C=O) groups is 2. The van der Waals surface area contributed by atoms with Crippen molar-refractivity contribution < 1.29 is 28.5 Å². The normalized spacial score (nSPS) is 17.6. The van der Waals surface area contributed by atoms with Gasteiger partial charge in [0.05, 0.1) is 25.9 Å². The maximum absolute atomic E-state index is 12.3. The molecule has 0 saturated carbocycles. The Kier molecular flexibility index (Phi) is 33.4. The Balaban J connectivity index is 2.22. The highest BCUT2D eigenvalue weighted by Gasteiger charge is 2.40. The van der Waals surface area contributed by atoms with E-state index in [1.54, 1.807) is 0 Å². The molecule has 0 radical (unpaired) electrons. The number of likely N-dealkylation sites (N-methyl/N-ethyl adjacent to an activating group) is 1. The molecule has 4 unspecified atom stereocenters. The highest BCUT2D eigenvalue weighted by atomic mass is 16.7. The van der Waals surface area contributed by atoms with E-state index >= 15 is 0 Å². The number of rotatable bonds is 38. The van der Waals surface area contributed by atoms with E-state index in [0.29, 0.717) is 44.5 Å². The maximum Gasteiger partial charge on any atom is 0.305 e. The molecule has 1 fully saturated rings. The Labute approximate surface area is 345 Å². The van der Waals surface area contributed by atoms with Crippen molar-refractivity contribution in [2.24, 2.45) is 11.8 Å². The van der Waals surface area contributed by atoms with Crippen LogP contribution in [0.1, 0.15) is 207 Å². The second kappa shape index (κ2) is 36.0. The fourth-order valence-corrected chi connectivity index (χ4v) is 7.57. The number of hydrogen-bond acceptors (Lipinski definition) is 7. The number of carbonyl (C=O) groups excluding carboxylic acids is 2. The summed E-state index contributed by atoms with van der Waals surface area (Å²) in [7, 11) is 2.15. The average molecular weight is 786 g/mol. The lowest BCUT2D eigenvalue weighted by molar-refractivity contribution is -0.180. The monoisotopic (exact) mass is 786 g/mol. The van der Waals surface area contributed by atoms with Crippen molar-refractivity contribution in [3.05, 3.63) is 29.8 Å². The summed E-state index contributed by atoms with van der Waals surface area (Å²) in [6.07, 6.45) is 32.6. The first-order chi connectivity index (χ1) is 27.3. The standard InChI is InChI=1S/C49H87NO6/c1-7-11-24-31-44(5)36-40-53-47(51)34-27-20-16-14-18-22-29-38-49(55-43-46(56-49)42-50(6)10-4)39-30-23-19-15-17-21-28-35-48(52)54-41-37-45(32-25-12-8-2)33-26-13-9-3/h32,44-46H,2,7,9-11,13-24,26-31,33-43H2,1,3-6H3. The molecule has 0 amide bonds. The van der Waals surface area contributed by atoms with Gasteiger partial charge in [-0.15, -0.1) is 0 Å². The van der Waals surface area contributed by atoms with Crippen LogP contribution in [0.3, 0.4) is 0 Å². The topological polar surface area (TPSA) is 74.3 Å². The minimum absolute atomic E-state index is 0.0245. The first kappa shape index (κ1) is 51.9. The molecule has 1 rings (SSSR count). The second-order valence-electron chi connectivity index (χ2n) is 16.8. The lowest BCUT2D eigenvalue weighted by Gasteiger charge is -2.29. The van der Waals surface area contributed by atoms with Gasteiger partial charge in [-0.25, -0.2) is 0 Å². The summed E-state index contributed by atoms with van der Waals surface area (Å²) in [5, 5.41) is 0. The fourth-order valence-electron chi connectivity index (χ4n) is 7.57. The molecule has 1 aliphatic heterocycles. The summed E-state index contributed by atoms with van der Waals surface area (Å²) in [5.74, 6) is 0.458. The van der Waals surface area contributed by atoms with Gasteiger partial charge in [-0.2, -0.15) is 0 Å². The molecule has 0 aliphatic carbocycles. The maximum atomic E-state index is 12.3. The molecule has 7 nitrogen and oxygen atoms in total. The molecule has 0 aromatic rings. The van der Waals surface area contributed by atoms with E-state index in [1.165, 1.54) is 89.9 Å². The van der Waals surface area contributed by atoms with E-state index in [-0.39, 0.29) is 18.0 Å². The van der Waals surface area contributed by atoms with Crippen LogP contribution in [0.25, 0.3) is 0 Å². The number of esters is 2. The molecule has 0 bridgehead atoms. The molecular weight excluding hydrogens is 699 g/mol. The lowest BCUT2D eigenvalue weighted by atomic mass is 9.98. The van der Waals surface area contributed by atoms with Crippen molar-refractivity contribution in [2.75, 3.05) is 40.0 Å². The molecule has 56 heavy (non-hydrogen) atoms. The summed E-state index contributed by atoms with van der Waals surface area (Å²) in [5.41, 5.74) is 8.40. The van der Waals surface area contributed by atoms with Crippen molar-refractivity contribution >= 4 is 11.9 Å². The zero-order chi connectivity index (χ0) is 41.0. The first-order valence-electron chi connectivity index (χ1n) is 23.4. The van der Waals surface area contributed by atoms with Gasteiger partial charge >= 0.3 is 11.9 Å². The second-order valence-corrected chi connectivity index (χ2v) is 16.8. The van der Waals surface area contributed by atoms with Crippen LogP contribution in [0.15, 0.2) is 29.8 Å². The van der Waals surface area contributed by atoms with E-state index in [4.69, 9.17) is 18.9 Å². The summed E-state index contributed by atoms with van der Waals surface area (Å²) < 4.78 is 24.2. The zero-order valence-electron chi connectivity index (χ0n) is 37.2. The number of hydrogen-bond donors (Lipinski definition) is 0. The molecule has 1 heterocycles. The van der Waals surface area contributed by atoms with Crippen molar-refractivity contribution in [1.82, 2.24) is 4.90 Å². The SMILES string of the molecule is C=C=C=C=CC(CCCCC)CCOC(=O)CCCCCCCCCC1(CCCCCCCCCC(=O)OCCC(C)CCCCC)OCC(CN(C)CC)O1. The van der Waals surface area contributed by atoms with Gasteiger partial charge in [-0.3, -0.25) is 9.59 Å². The van der Waals surface area contributed by atoms with E-state index < -0.39 is 5.79 Å². The highest BCUT2D eigenvalue weighted by Crippen LogP contribution is 2.35. The largest absolute Gasteiger partial charge is 0.466 e. The van der Waals surface area contributed by atoms with Crippen LogP contribution >= 0.6 is 0 Å². The molecule has 4 atom stereocenters. The van der Waals surface area contributed by atoms with Gasteiger partial charge in [0.25, 0.3) is 0 Å². The molecule has 0 aromatic carbocycles. The average Bonchev–Trinajstić information content (AvgIpc) is 3.58. The van der Waals surface area contributed by atoms with Crippen LogP contribution in [0, 0.1) is 11.8 Å². The van der Waals surface area contributed by atoms with Crippen LogP contribution in [-0.4, -0.2) is 68.7 Å². The minimum Gasteiger partial charge on any atom is -0.466 e. The summed E-state index contributed by atoms with van der Waals surface area (Å²) in [6, 6.07) is 0. The zero-order valence-corrected chi connectivity index (χ0v) is 37.2. The number of nitrogens with zero attached hydrogens (tertiary/aromatic N) is 1. The molecule has 0 aromatic heterocycles. The molecule has 7 heteroatoms. The van der Waals surface area contributed by atoms with Crippen molar-refractivity contribution in [1.29, 1.82) is 0 Å². The number of allylic oxidation sites excluding steroid dienone is 1. The molecule has 1 saturated heterocycles. The van der Waals surface area contributed by atoms with E-state index in [1.807, 2.05) is 6.08 Å². The molecule has 324 valence electrons. The molecular formula is C49H87NO6. The van der Waals surface area contributed by atoms with Crippen molar-refractivity contribution in [3.63, 3.8) is 0 Å². The van der Waals surface area contributed by atoms with Gasteiger partial charge in [-0.05, 0) is 88.8 Å². The first-order valence-corrected chi connectivity index (χ1v) is 23.4. The Bertz CT molecular complexity index is 1090. The third-order valence-corrected chi connectivity index (χ3v) is 11.4. The molecule has 0 N–H and O–H groups in total. The van der Waals surface area contributed by atoms with E-state index in [9.17, 15) is 9.59 Å². The number of unbranched alkanes of at least 4 members (excludes halogenated alkanes) is 16. The van der Waals surface area contributed by atoms with Crippen LogP contribution < -0.4 is 0 Å². The third-order valence-electron chi connectivity index (χ3n) is 11.4. The predicted octanol–water partition coefficient (Wildman–Crippen LogP) is 13.0. The quantitative estimate of drug-likeness (QED) is 0.0350. The van der Waals surface area contributed by atoms with Gasteiger partial charge in [0, 0.05) is 32.2 Å². The van der Waals surface area contributed by atoms with Gasteiger partial charge < -0.3 is 23.8 Å².